The number of hydrogen-bond acceptors (Lipinski definition) is 5. The molecule has 128 valence electrons. The number of nitrogens with one attached hydrogen (secondary N) is 2. The molecule has 24 heavy (non-hydrogen) atoms. The Hall–Kier alpha value is -2.31. The van der Waals surface area contributed by atoms with Crippen molar-refractivity contribution in [3.05, 3.63) is 47.1 Å². The van der Waals surface area contributed by atoms with Crippen molar-refractivity contribution in [2.45, 2.75) is 0 Å². The highest BCUT2D eigenvalue weighted by atomic mass is 35.5. The second-order valence-corrected chi connectivity index (χ2v) is 5.89. The lowest BCUT2D eigenvalue weighted by atomic mass is 10.2. The van der Waals surface area contributed by atoms with E-state index in [4.69, 9.17) is 16.3 Å². The molecule has 0 fully saturated rings. The zero-order valence-electron chi connectivity index (χ0n) is 14.0. The van der Waals surface area contributed by atoms with Crippen molar-refractivity contribution in [2.75, 3.05) is 39.6 Å². The first-order valence-corrected chi connectivity index (χ1v) is 7.87. The number of benzene rings is 1. The van der Waals surface area contributed by atoms with Gasteiger partial charge >= 0.3 is 0 Å². The van der Waals surface area contributed by atoms with Gasteiger partial charge in [-0.3, -0.25) is 4.79 Å². The molecule has 2 aromatic rings. The molecule has 0 aliphatic rings. The van der Waals surface area contributed by atoms with Crippen LogP contribution in [0.4, 0.5) is 11.5 Å². The van der Waals surface area contributed by atoms with E-state index in [1.807, 2.05) is 19.0 Å². The van der Waals surface area contributed by atoms with Gasteiger partial charge in [0.1, 0.15) is 11.6 Å². The van der Waals surface area contributed by atoms with E-state index in [-0.39, 0.29) is 5.91 Å². The molecule has 1 heterocycles. The predicted molar refractivity (Wildman–Crippen MR) is 96.4 cm³/mol. The van der Waals surface area contributed by atoms with Gasteiger partial charge in [-0.15, -0.1) is 0 Å². The Morgan fingerprint density at radius 3 is 2.79 bits per heavy atom. The molecule has 0 aliphatic carbocycles. The molecule has 0 saturated carbocycles. The quantitative estimate of drug-likeness (QED) is 0.805. The second kappa shape index (κ2) is 8.52. The number of nitrogens with zero attached hydrogens (tertiary/aromatic N) is 2. The summed E-state index contributed by atoms with van der Waals surface area (Å²) in [5.74, 6) is 1.04. The molecular weight excluding hydrogens is 328 g/mol. The van der Waals surface area contributed by atoms with E-state index in [1.165, 1.54) is 0 Å². The van der Waals surface area contributed by atoms with Crippen molar-refractivity contribution >= 4 is 29.0 Å². The van der Waals surface area contributed by atoms with Crippen LogP contribution in [0, 0.1) is 0 Å². The van der Waals surface area contributed by atoms with Crippen LogP contribution < -0.4 is 15.4 Å². The SMILES string of the molecule is COc1ccc(Cl)cc1Nc1cc(C(=O)NCCN(C)C)ccn1. The van der Waals surface area contributed by atoms with E-state index in [9.17, 15) is 4.79 Å². The summed E-state index contributed by atoms with van der Waals surface area (Å²) in [6, 6.07) is 8.61. The molecule has 1 aromatic carbocycles. The van der Waals surface area contributed by atoms with Gasteiger partial charge in [0, 0.05) is 29.9 Å². The van der Waals surface area contributed by atoms with Crippen LogP contribution in [0.2, 0.25) is 5.02 Å². The number of anilines is 2. The molecule has 0 spiro atoms. The van der Waals surface area contributed by atoms with Gasteiger partial charge in [-0.1, -0.05) is 11.6 Å². The smallest absolute Gasteiger partial charge is 0.251 e. The Kier molecular flexibility index (Phi) is 6.40. The molecule has 1 amide bonds. The Morgan fingerprint density at radius 1 is 1.29 bits per heavy atom. The van der Waals surface area contributed by atoms with Gasteiger partial charge in [-0.25, -0.2) is 4.98 Å². The van der Waals surface area contributed by atoms with Gasteiger partial charge < -0.3 is 20.3 Å². The predicted octanol–water partition coefficient (Wildman–Crippen LogP) is 2.78. The summed E-state index contributed by atoms with van der Waals surface area (Å²) in [5, 5.41) is 6.58. The number of aromatic nitrogens is 1. The molecular formula is C17H21ClN4O2. The third-order valence-electron chi connectivity index (χ3n) is 3.29. The molecule has 6 nitrogen and oxygen atoms in total. The van der Waals surface area contributed by atoms with E-state index in [0.717, 1.165) is 6.54 Å². The number of likely N-dealkylation sites (N-methyl/N-ethyl adjacent to an activating group) is 1. The van der Waals surface area contributed by atoms with Crippen molar-refractivity contribution in [1.29, 1.82) is 0 Å². The monoisotopic (exact) mass is 348 g/mol. The molecule has 0 radical (unpaired) electrons. The highest BCUT2D eigenvalue weighted by Crippen LogP contribution is 2.30. The molecule has 1 aromatic heterocycles. The Morgan fingerprint density at radius 2 is 2.08 bits per heavy atom. The van der Waals surface area contributed by atoms with E-state index in [2.05, 4.69) is 15.6 Å². The van der Waals surface area contributed by atoms with Crippen molar-refractivity contribution < 1.29 is 9.53 Å². The largest absolute Gasteiger partial charge is 0.495 e. The van der Waals surface area contributed by atoms with Crippen LogP contribution in [-0.2, 0) is 0 Å². The average Bonchev–Trinajstić information content (AvgIpc) is 2.55. The van der Waals surface area contributed by atoms with Crippen LogP contribution in [0.3, 0.4) is 0 Å². The highest BCUT2D eigenvalue weighted by molar-refractivity contribution is 6.31. The maximum absolute atomic E-state index is 12.2. The maximum atomic E-state index is 12.2. The number of halogens is 1. The highest BCUT2D eigenvalue weighted by Gasteiger charge is 2.09. The van der Waals surface area contributed by atoms with Crippen LogP contribution in [0.25, 0.3) is 0 Å². The topological polar surface area (TPSA) is 66.5 Å². The van der Waals surface area contributed by atoms with Gasteiger partial charge in [0.2, 0.25) is 0 Å². The molecule has 7 heteroatoms. The number of rotatable bonds is 7. The van der Waals surface area contributed by atoms with E-state index >= 15 is 0 Å². The van der Waals surface area contributed by atoms with Crippen molar-refractivity contribution in [1.82, 2.24) is 15.2 Å². The third-order valence-corrected chi connectivity index (χ3v) is 3.53. The first-order chi connectivity index (χ1) is 11.5. The number of methoxy groups -OCH3 is 1. The summed E-state index contributed by atoms with van der Waals surface area (Å²) in [6.45, 7) is 1.36. The summed E-state index contributed by atoms with van der Waals surface area (Å²) in [6.07, 6.45) is 1.58. The fourth-order valence-corrected chi connectivity index (χ4v) is 2.22. The minimum absolute atomic E-state index is 0.139. The average molecular weight is 349 g/mol. The Labute approximate surface area is 146 Å². The van der Waals surface area contributed by atoms with Crippen LogP contribution in [0.1, 0.15) is 10.4 Å². The van der Waals surface area contributed by atoms with Crippen LogP contribution in [0.15, 0.2) is 36.5 Å². The summed E-state index contributed by atoms with van der Waals surface area (Å²) in [5.41, 5.74) is 1.22. The maximum Gasteiger partial charge on any atom is 0.251 e. The van der Waals surface area contributed by atoms with Crippen LogP contribution in [0.5, 0.6) is 5.75 Å². The number of hydrogen-bond donors (Lipinski definition) is 2. The zero-order valence-corrected chi connectivity index (χ0v) is 14.7. The number of amides is 1. The molecule has 2 rings (SSSR count). The van der Waals surface area contributed by atoms with Gasteiger partial charge in [0.05, 0.1) is 12.8 Å². The van der Waals surface area contributed by atoms with E-state index < -0.39 is 0 Å². The number of pyridine rings is 1. The Bertz CT molecular complexity index is 707. The van der Waals surface area contributed by atoms with Crippen molar-refractivity contribution in [3.63, 3.8) is 0 Å². The van der Waals surface area contributed by atoms with Crippen LogP contribution >= 0.6 is 11.6 Å². The van der Waals surface area contributed by atoms with Crippen molar-refractivity contribution in [2.24, 2.45) is 0 Å². The normalized spacial score (nSPS) is 10.5. The molecule has 2 N–H and O–H groups in total. The second-order valence-electron chi connectivity index (χ2n) is 5.46. The summed E-state index contributed by atoms with van der Waals surface area (Å²) in [4.78, 5) is 18.4. The van der Waals surface area contributed by atoms with Gasteiger partial charge in [-0.05, 0) is 44.4 Å². The first kappa shape index (κ1) is 18.0. The lowest BCUT2D eigenvalue weighted by Gasteiger charge is -2.12. The van der Waals surface area contributed by atoms with Gasteiger partial charge in [-0.2, -0.15) is 0 Å². The molecule has 0 unspecified atom stereocenters. The van der Waals surface area contributed by atoms with Crippen LogP contribution in [-0.4, -0.2) is 50.1 Å². The molecule has 0 aliphatic heterocycles. The fraction of sp³-hybridized carbons (Fsp3) is 0.294. The lowest BCUT2D eigenvalue weighted by molar-refractivity contribution is 0.0951. The lowest BCUT2D eigenvalue weighted by Crippen LogP contribution is -2.31. The summed E-state index contributed by atoms with van der Waals surface area (Å²) in [7, 11) is 5.49. The minimum Gasteiger partial charge on any atom is -0.495 e. The minimum atomic E-state index is -0.139. The van der Waals surface area contributed by atoms with E-state index in [0.29, 0.717) is 34.4 Å². The first-order valence-electron chi connectivity index (χ1n) is 7.49. The number of carbonyl (C=O) groups is 1. The molecule has 0 bridgehead atoms. The summed E-state index contributed by atoms with van der Waals surface area (Å²) >= 11 is 6.02. The Balaban J connectivity index is 2.10. The number of carbonyl (C=O) groups excluding carboxylic acids is 1. The third kappa shape index (κ3) is 5.11. The zero-order chi connectivity index (χ0) is 17.5. The van der Waals surface area contributed by atoms with Crippen molar-refractivity contribution in [3.8, 4) is 5.75 Å². The van der Waals surface area contributed by atoms with Gasteiger partial charge in [0.15, 0.2) is 0 Å². The summed E-state index contributed by atoms with van der Waals surface area (Å²) < 4.78 is 5.29. The standard InChI is InChI=1S/C17H21ClN4O2/c1-22(2)9-8-20-17(23)12-6-7-19-16(10-12)21-14-11-13(18)4-5-15(14)24-3/h4-7,10-11H,8-9H2,1-3H3,(H,19,21)(H,20,23). The van der Waals surface area contributed by atoms with Gasteiger partial charge in [0.25, 0.3) is 5.91 Å². The number of ether oxygens (including phenoxy) is 1. The fourth-order valence-electron chi connectivity index (χ4n) is 2.05. The molecule has 0 atom stereocenters. The van der Waals surface area contributed by atoms with E-state index in [1.54, 1.807) is 43.6 Å². The molecule has 0 saturated heterocycles.